The van der Waals surface area contributed by atoms with E-state index in [9.17, 15) is 0 Å². The monoisotopic (exact) mass is 178 g/mol. The van der Waals surface area contributed by atoms with Crippen molar-refractivity contribution in [3.8, 4) is 0 Å². The van der Waals surface area contributed by atoms with Crippen molar-refractivity contribution in [3.63, 3.8) is 0 Å². The summed E-state index contributed by atoms with van der Waals surface area (Å²) in [5.74, 6) is 0. The van der Waals surface area contributed by atoms with Crippen LogP contribution in [0.15, 0.2) is 12.3 Å². The van der Waals surface area contributed by atoms with Gasteiger partial charge in [-0.05, 0) is 32.0 Å². The lowest BCUT2D eigenvalue weighted by molar-refractivity contribution is 0.161. The summed E-state index contributed by atoms with van der Waals surface area (Å²) in [7, 11) is 2.23. The van der Waals surface area contributed by atoms with Gasteiger partial charge in [0.1, 0.15) is 0 Å². The molecule has 0 spiro atoms. The molecule has 2 rings (SSSR count). The first kappa shape index (κ1) is 8.82. The molecule has 1 aromatic heterocycles. The predicted octanol–water partition coefficient (Wildman–Crippen LogP) is 2.34. The third-order valence-electron chi connectivity index (χ3n) is 3.42. The molecule has 13 heavy (non-hydrogen) atoms. The van der Waals surface area contributed by atoms with Crippen LogP contribution in [-0.2, 0) is 6.42 Å². The first-order valence-electron chi connectivity index (χ1n) is 5.12. The molecule has 0 aliphatic carbocycles. The van der Waals surface area contributed by atoms with Crippen molar-refractivity contribution in [3.05, 3.63) is 23.5 Å². The maximum Gasteiger partial charge on any atom is 0.0337 e. The Morgan fingerprint density at radius 2 is 2.38 bits per heavy atom. The lowest BCUT2D eigenvalue weighted by Crippen LogP contribution is -2.39. The fourth-order valence-electron chi connectivity index (χ4n) is 2.33. The second-order valence-corrected chi connectivity index (χ2v) is 4.02. The summed E-state index contributed by atoms with van der Waals surface area (Å²) in [4.78, 5) is 5.83. The number of hydrogen-bond acceptors (Lipinski definition) is 1. The summed E-state index contributed by atoms with van der Waals surface area (Å²) in [5.41, 5.74) is 2.92. The van der Waals surface area contributed by atoms with Gasteiger partial charge in [-0.1, -0.05) is 6.92 Å². The molecule has 0 radical (unpaired) electrons. The average Bonchev–Trinajstić information content (AvgIpc) is 2.59. The Morgan fingerprint density at radius 1 is 1.62 bits per heavy atom. The van der Waals surface area contributed by atoms with Crippen LogP contribution in [-0.4, -0.2) is 23.0 Å². The maximum atomic E-state index is 3.35. The number of nitrogens with one attached hydrogen (secondary N) is 1. The van der Waals surface area contributed by atoms with Crippen molar-refractivity contribution in [2.75, 3.05) is 7.05 Å². The Morgan fingerprint density at radius 3 is 3.08 bits per heavy atom. The molecule has 72 valence electrons. The van der Waals surface area contributed by atoms with Crippen LogP contribution in [0.3, 0.4) is 0 Å². The molecule has 1 aliphatic heterocycles. The normalized spacial score (nSPS) is 28.8. The SMILES string of the molecule is CC[C@H]1Cc2[nH]ccc2[C@H](C)N1C. The van der Waals surface area contributed by atoms with Gasteiger partial charge in [0.15, 0.2) is 0 Å². The molecule has 2 nitrogen and oxygen atoms in total. The molecule has 1 aliphatic rings. The Labute approximate surface area is 79.9 Å². The van der Waals surface area contributed by atoms with Crippen molar-refractivity contribution in [1.82, 2.24) is 9.88 Å². The van der Waals surface area contributed by atoms with Gasteiger partial charge >= 0.3 is 0 Å². The number of aromatic amines is 1. The van der Waals surface area contributed by atoms with E-state index in [1.165, 1.54) is 24.1 Å². The highest BCUT2D eigenvalue weighted by molar-refractivity contribution is 5.27. The number of aromatic nitrogens is 1. The largest absolute Gasteiger partial charge is 0.365 e. The van der Waals surface area contributed by atoms with E-state index in [-0.39, 0.29) is 0 Å². The highest BCUT2D eigenvalue weighted by Gasteiger charge is 2.28. The van der Waals surface area contributed by atoms with Crippen LogP contribution in [0.25, 0.3) is 0 Å². The molecule has 0 amide bonds. The van der Waals surface area contributed by atoms with Crippen molar-refractivity contribution >= 4 is 0 Å². The topological polar surface area (TPSA) is 19.0 Å². The molecule has 0 fully saturated rings. The Kier molecular flexibility index (Phi) is 2.16. The highest BCUT2D eigenvalue weighted by atomic mass is 15.2. The van der Waals surface area contributed by atoms with E-state index in [4.69, 9.17) is 0 Å². The fraction of sp³-hybridized carbons (Fsp3) is 0.636. The Hall–Kier alpha value is -0.760. The molecule has 0 saturated carbocycles. The van der Waals surface area contributed by atoms with Gasteiger partial charge in [-0.2, -0.15) is 0 Å². The zero-order valence-electron chi connectivity index (χ0n) is 8.67. The van der Waals surface area contributed by atoms with Crippen molar-refractivity contribution in [2.24, 2.45) is 0 Å². The van der Waals surface area contributed by atoms with Crippen LogP contribution in [0.1, 0.15) is 37.6 Å². The van der Waals surface area contributed by atoms with Gasteiger partial charge in [-0.25, -0.2) is 0 Å². The molecule has 0 bridgehead atoms. The predicted molar refractivity (Wildman–Crippen MR) is 54.8 cm³/mol. The van der Waals surface area contributed by atoms with Gasteiger partial charge in [0.05, 0.1) is 0 Å². The van der Waals surface area contributed by atoms with Crippen LogP contribution in [0.4, 0.5) is 0 Å². The molecular formula is C11H18N2. The molecule has 0 aromatic carbocycles. The van der Waals surface area contributed by atoms with Crippen LogP contribution in [0.5, 0.6) is 0 Å². The minimum absolute atomic E-state index is 0.569. The smallest absolute Gasteiger partial charge is 0.0337 e. The summed E-state index contributed by atoms with van der Waals surface area (Å²) in [5, 5.41) is 0. The quantitative estimate of drug-likeness (QED) is 0.699. The van der Waals surface area contributed by atoms with Crippen molar-refractivity contribution in [1.29, 1.82) is 0 Å². The second kappa shape index (κ2) is 3.18. The summed E-state index contributed by atoms with van der Waals surface area (Å²) in [6, 6.07) is 3.49. The van der Waals surface area contributed by atoms with Crippen molar-refractivity contribution in [2.45, 2.75) is 38.8 Å². The first-order chi connectivity index (χ1) is 6.24. The van der Waals surface area contributed by atoms with E-state index in [1.807, 2.05) is 0 Å². The zero-order valence-corrected chi connectivity index (χ0v) is 8.67. The van der Waals surface area contributed by atoms with E-state index < -0.39 is 0 Å². The molecule has 0 saturated heterocycles. The van der Waals surface area contributed by atoms with E-state index in [0.717, 1.165) is 0 Å². The van der Waals surface area contributed by atoms with Crippen LogP contribution in [0.2, 0.25) is 0 Å². The molecule has 0 unspecified atom stereocenters. The molecule has 1 N–H and O–H groups in total. The number of H-pyrrole nitrogens is 1. The lowest BCUT2D eigenvalue weighted by Gasteiger charge is -2.37. The summed E-state index contributed by atoms with van der Waals surface area (Å²) in [6.45, 7) is 4.55. The van der Waals surface area contributed by atoms with Gasteiger partial charge in [-0.15, -0.1) is 0 Å². The summed E-state index contributed by atoms with van der Waals surface area (Å²) >= 11 is 0. The molecule has 2 heterocycles. The first-order valence-corrected chi connectivity index (χ1v) is 5.12. The Balaban J connectivity index is 2.32. The minimum Gasteiger partial charge on any atom is -0.365 e. The van der Waals surface area contributed by atoms with Gasteiger partial charge in [0, 0.05) is 30.4 Å². The van der Waals surface area contributed by atoms with E-state index in [0.29, 0.717) is 12.1 Å². The fourth-order valence-corrected chi connectivity index (χ4v) is 2.33. The second-order valence-electron chi connectivity index (χ2n) is 4.02. The van der Waals surface area contributed by atoms with Crippen LogP contribution in [0, 0.1) is 0 Å². The van der Waals surface area contributed by atoms with E-state index in [1.54, 1.807) is 0 Å². The van der Waals surface area contributed by atoms with Crippen LogP contribution >= 0.6 is 0 Å². The van der Waals surface area contributed by atoms with E-state index in [2.05, 4.69) is 43.0 Å². The van der Waals surface area contributed by atoms with Crippen LogP contribution < -0.4 is 0 Å². The Bertz CT molecular complexity index is 290. The number of hydrogen-bond donors (Lipinski definition) is 1. The number of fused-ring (bicyclic) bond motifs is 1. The third kappa shape index (κ3) is 1.29. The molecular weight excluding hydrogens is 160 g/mol. The lowest BCUT2D eigenvalue weighted by atomic mass is 9.94. The van der Waals surface area contributed by atoms with Gasteiger partial charge < -0.3 is 4.98 Å². The molecule has 1 aromatic rings. The number of nitrogens with zero attached hydrogens (tertiary/aromatic N) is 1. The number of rotatable bonds is 1. The number of likely N-dealkylation sites (N-methyl/N-ethyl adjacent to an activating group) is 1. The zero-order chi connectivity index (χ0) is 9.42. The van der Waals surface area contributed by atoms with Gasteiger partial charge in [-0.3, -0.25) is 4.90 Å². The molecule has 2 heteroatoms. The van der Waals surface area contributed by atoms with Crippen molar-refractivity contribution < 1.29 is 0 Å². The summed E-state index contributed by atoms with van der Waals surface area (Å²) in [6.07, 6.45) is 4.48. The highest BCUT2D eigenvalue weighted by Crippen LogP contribution is 2.31. The summed E-state index contributed by atoms with van der Waals surface area (Å²) < 4.78 is 0. The third-order valence-corrected chi connectivity index (χ3v) is 3.42. The van der Waals surface area contributed by atoms with E-state index >= 15 is 0 Å². The van der Waals surface area contributed by atoms with Gasteiger partial charge in [0.2, 0.25) is 0 Å². The standard InChI is InChI=1S/C11H18N2/c1-4-9-7-11-10(5-6-12-11)8(2)13(9)3/h5-6,8-9,12H,4,7H2,1-3H3/t8-,9-/m0/s1. The maximum absolute atomic E-state index is 3.35. The minimum atomic E-state index is 0.569. The molecule has 2 atom stereocenters. The average molecular weight is 178 g/mol. The van der Waals surface area contributed by atoms with Gasteiger partial charge in [0.25, 0.3) is 0 Å².